The van der Waals surface area contributed by atoms with Crippen LogP contribution in [0.25, 0.3) is 10.9 Å². The van der Waals surface area contributed by atoms with Gasteiger partial charge in [0, 0.05) is 25.2 Å². The van der Waals surface area contributed by atoms with Gasteiger partial charge < -0.3 is 20.1 Å². The Bertz CT molecular complexity index is 1260. The summed E-state index contributed by atoms with van der Waals surface area (Å²) in [6, 6.07) is 5.48. The number of nitro groups is 1. The van der Waals surface area contributed by atoms with Gasteiger partial charge >= 0.3 is 6.18 Å². The molecule has 186 valence electrons. The lowest BCUT2D eigenvalue weighted by atomic mass is 10.0. The van der Waals surface area contributed by atoms with E-state index in [4.69, 9.17) is 9.47 Å². The van der Waals surface area contributed by atoms with E-state index in [1.807, 2.05) is 12.1 Å². The maximum atomic E-state index is 13.4. The van der Waals surface area contributed by atoms with Crippen LogP contribution in [0.2, 0.25) is 0 Å². The summed E-state index contributed by atoms with van der Waals surface area (Å²) in [5.74, 6) is 1.24. The summed E-state index contributed by atoms with van der Waals surface area (Å²) >= 11 is 0. The van der Waals surface area contributed by atoms with Crippen LogP contribution in [0.1, 0.15) is 41.6 Å². The number of nitro benzene ring substituents is 1. The quantitative estimate of drug-likeness (QED) is 0.377. The van der Waals surface area contributed by atoms with Crippen molar-refractivity contribution in [2.45, 2.75) is 32.2 Å². The summed E-state index contributed by atoms with van der Waals surface area (Å²) in [4.78, 5) is 19.4. The molecule has 0 spiro atoms. The van der Waals surface area contributed by atoms with E-state index < -0.39 is 28.4 Å². The molecule has 2 heterocycles. The van der Waals surface area contributed by atoms with Gasteiger partial charge in [0.1, 0.15) is 17.4 Å². The number of methoxy groups -OCH3 is 1. The van der Waals surface area contributed by atoms with E-state index in [9.17, 15) is 23.3 Å². The number of fused-ring (bicyclic) bond motifs is 1. The van der Waals surface area contributed by atoms with Crippen molar-refractivity contribution in [3.05, 3.63) is 63.0 Å². The molecule has 1 aromatic heterocycles. The summed E-state index contributed by atoms with van der Waals surface area (Å²) in [5, 5.41) is 18.2. The molecule has 0 saturated carbocycles. The van der Waals surface area contributed by atoms with E-state index in [0.29, 0.717) is 47.5 Å². The van der Waals surface area contributed by atoms with Gasteiger partial charge in [0.05, 0.1) is 47.3 Å². The van der Waals surface area contributed by atoms with Crippen molar-refractivity contribution in [2.24, 2.45) is 0 Å². The Morgan fingerprint density at radius 3 is 2.66 bits per heavy atom. The van der Waals surface area contributed by atoms with Crippen LogP contribution in [0, 0.1) is 17.0 Å². The highest BCUT2D eigenvalue weighted by Crippen LogP contribution is 2.38. The number of non-ortho nitro benzene ring substituents is 1. The minimum atomic E-state index is -4.73. The molecule has 1 fully saturated rings. The van der Waals surface area contributed by atoms with Crippen LogP contribution in [-0.4, -0.2) is 41.7 Å². The SMILES string of the molecule is COc1cc([C@@H]2CNCCO2)cc2nc(C)nc(NC(C)c3cc([N+](=O)[O-])cc(C(F)(F)F)c3)c12. The Morgan fingerprint density at radius 1 is 1.26 bits per heavy atom. The minimum absolute atomic E-state index is 0.0909. The molecule has 4 rings (SSSR count). The normalized spacial score (nSPS) is 17.3. The van der Waals surface area contributed by atoms with Gasteiger partial charge in [-0.2, -0.15) is 13.2 Å². The number of halogens is 3. The number of benzene rings is 2. The lowest BCUT2D eigenvalue weighted by Crippen LogP contribution is -2.33. The van der Waals surface area contributed by atoms with E-state index in [-0.39, 0.29) is 11.7 Å². The first-order valence-electron chi connectivity index (χ1n) is 10.9. The molecular formula is C23H24F3N5O4. The fourth-order valence-electron chi connectivity index (χ4n) is 4.04. The van der Waals surface area contributed by atoms with E-state index >= 15 is 0 Å². The predicted molar refractivity (Wildman–Crippen MR) is 123 cm³/mol. The van der Waals surface area contributed by atoms with Gasteiger partial charge in [-0.05, 0) is 43.2 Å². The second-order valence-corrected chi connectivity index (χ2v) is 8.23. The molecule has 3 aromatic rings. The van der Waals surface area contributed by atoms with Crippen molar-refractivity contribution < 1.29 is 27.6 Å². The Kier molecular flexibility index (Phi) is 6.77. The van der Waals surface area contributed by atoms with Crippen LogP contribution in [0.4, 0.5) is 24.7 Å². The molecule has 9 nitrogen and oxygen atoms in total. The molecule has 1 aliphatic heterocycles. The predicted octanol–water partition coefficient (Wildman–Crippen LogP) is 4.71. The summed E-state index contributed by atoms with van der Waals surface area (Å²) < 4.78 is 51.5. The van der Waals surface area contributed by atoms with Crippen LogP contribution < -0.4 is 15.4 Å². The maximum Gasteiger partial charge on any atom is 0.416 e. The lowest BCUT2D eigenvalue weighted by Gasteiger charge is -2.25. The number of rotatable bonds is 6. The number of hydrogen-bond donors (Lipinski definition) is 2. The molecule has 2 atom stereocenters. The topological polar surface area (TPSA) is 111 Å². The summed E-state index contributed by atoms with van der Waals surface area (Å²) in [7, 11) is 1.50. The molecule has 1 saturated heterocycles. The molecule has 2 N–H and O–H groups in total. The van der Waals surface area contributed by atoms with Crippen molar-refractivity contribution in [2.75, 3.05) is 32.1 Å². The van der Waals surface area contributed by atoms with Crippen molar-refractivity contribution in [3.8, 4) is 5.75 Å². The van der Waals surface area contributed by atoms with Gasteiger partial charge in [0.2, 0.25) is 0 Å². The van der Waals surface area contributed by atoms with E-state index in [1.54, 1.807) is 13.8 Å². The molecule has 1 unspecified atom stereocenters. The highest BCUT2D eigenvalue weighted by Gasteiger charge is 2.33. The van der Waals surface area contributed by atoms with E-state index in [1.165, 1.54) is 7.11 Å². The standard InChI is InChI=1S/C23H24F3N5O4/c1-12(14-6-16(23(24,25)26)10-17(7-14)31(32)33)28-22-21-18(29-13(2)30-22)8-15(9-19(21)34-3)20-11-27-4-5-35-20/h6-10,12,20,27H,4-5,11H2,1-3H3,(H,28,29,30)/t12?,20-/m0/s1. The Balaban J connectivity index is 1.76. The maximum absolute atomic E-state index is 13.4. The Morgan fingerprint density at radius 2 is 2.03 bits per heavy atom. The number of ether oxygens (including phenoxy) is 2. The van der Waals surface area contributed by atoms with Gasteiger partial charge in [0.15, 0.2) is 0 Å². The van der Waals surface area contributed by atoms with E-state index in [0.717, 1.165) is 24.2 Å². The number of aryl methyl sites for hydroxylation is 1. The third-order valence-corrected chi connectivity index (χ3v) is 5.75. The van der Waals surface area contributed by atoms with Crippen LogP contribution in [-0.2, 0) is 10.9 Å². The Labute approximate surface area is 198 Å². The first-order valence-corrected chi connectivity index (χ1v) is 10.9. The largest absolute Gasteiger partial charge is 0.496 e. The van der Waals surface area contributed by atoms with E-state index in [2.05, 4.69) is 20.6 Å². The van der Waals surface area contributed by atoms with Crippen molar-refractivity contribution in [1.29, 1.82) is 0 Å². The number of nitrogens with one attached hydrogen (secondary N) is 2. The molecule has 35 heavy (non-hydrogen) atoms. The first-order chi connectivity index (χ1) is 16.6. The average Bonchev–Trinajstić information content (AvgIpc) is 2.82. The van der Waals surface area contributed by atoms with Crippen LogP contribution >= 0.6 is 0 Å². The number of aromatic nitrogens is 2. The average molecular weight is 491 g/mol. The fourth-order valence-corrected chi connectivity index (χ4v) is 4.04. The molecule has 0 radical (unpaired) electrons. The highest BCUT2D eigenvalue weighted by atomic mass is 19.4. The fraction of sp³-hybridized carbons (Fsp3) is 0.391. The van der Waals surface area contributed by atoms with Crippen LogP contribution in [0.3, 0.4) is 0 Å². The third-order valence-electron chi connectivity index (χ3n) is 5.75. The smallest absolute Gasteiger partial charge is 0.416 e. The Hall–Kier alpha value is -3.51. The third kappa shape index (κ3) is 5.28. The zero-order chi connectivity index (χ0) is 25.3. The zero-order valence-corrected chi connectivity index (χ0v) is 19.3. The van der Waals surface area contributed by atoms with Crippen molar-refractivity contribution >= 4 is 22.4 Å². The second-order valence-electron chi connectivity index (χ2n) is 8.23. The lowest BCUT2D eigenvalue weighted by molar-refractivity contribution is -0.385. The number of anilines is 1. The molecule has 0 bridgehead atoms. The molecule has 2 aromatic carbocycles. The molecular weight excluding hydrogens is 467 g/mol. The van der Waals surface area contributed by atoms with Crippen LogP contribution in [0.5, 0.6) is 5.75 Å². The van der Waals surface area contributed by atoms with Gasteiger partial charge in [0.25, 0.3) is 5.69 Å². The van der Waals surface area contributed by atoms with Crippen LogP contribution in [0.15, 0.2) is 30.3 Å². The second kappa shape index (κ2) is 9.62. The molecule has 12 heteroatoms. The van der Waals surface area contributed by atoms with Crippen molar-refractivity contribution in [1.82, 2.24) is 15.3 Å². The van der Waals surface area contributed by atoms with Gasteiger partial charge in [-0.25, -0.2) is 9.97 Å². The first kappa shape index (κ1) is 24.6. The molecule has 0 amide bonds. The molecule has 1 aliphatic rings. The number of hydrogen-bond acceptors (Lipinski definition) is 8. The summed E-state index contributed by atoms with van der Waals surface area (Å²) in [5.41, 5.74) is -0.205. The van der Waals surface area contributed by atoms with Gasteiger partial charge in [-0.3, -0.25) is 10.1 Å². The highest BCUT2D eigenvalue weighted by molar-refractivity contribution is 5.95. The monoisotopic (exact) mass is 491 g/mol. The van der Waals surface area contributed by atoms with Gasteiger partial charge in [-0.15, -0.1) is 0 Å². The van der Waals surface area contributed by atoms with Crippen molar-refractivity contribution in [3.63, 3.8) is 0 Å². The van der Waals surface area contributed by atoms with Gasteiger partial charge in [-0.1, -0.05) is 0 Å². The zero-order valence-electron chi connectivity index (χ0n) is 19.3. The minimum Gasteiger partial charge on any atom is -0.496 e. The summed E-state index contributed by atoms with van der Waals surface area (Å²) in [6.07, 6.45) is -4.91. The number of morpholine rings is 1. The number of alkyl halides is 3. The number of nitrogens with zero attached hydrogens (tertiary/aromatic N) is 3. The molecule has 0 aliphatic carbocycles. The summed E-state index contributed by atoms with van der Waals surface area (Å²) in [6.45, 7) is 5.27.